The van der Waals surface area contributed by atoms with Crippen molar-refractivity contribution in [2.45, 2.75) is 45.1 Å². The Morgan fingerprint density at radius 3 is 2.95 bits per heavy atom. The van der Waals surface area contributed by atoms with Crippen molar-refractivity contribution in [1.29, 1.82) is 0 Å². The Labute approximate surface area is 118 Å². The van der Waals surface area contributed by atoms with Crippen LogP contribution < -0.4 is 11.1 Å². The minimum atomic E-state index is -0.457. The van der Waals surface area contributed by atoms with Crippen molar-refractivity contribution < 1.29 is 9.90 Å². The van der Waals surface area contributed by atoms with Gasteiger partial charge in [-0.1, -0.05) is 19.8 Å². The van der Waals surface area contributed by atoms with Gasteiger partial charge in [-0.2, -0.15) is 0 Å². The first-order chi connectivity index (χ1) is 8.96. The van der Waals surface area contributed by atoms with Crippen molar-refractivity contribution in [2.24, 2.45) is 5.92 Å². The molecule has 1 aliphatic rings. The molecule has 19 heavy (non-hydrogen) atoms. The molecular weight excluding hydrogens is 260 g/mol. The predicted molar refractivity (Wildman–Crippen MR) is 78.4 cm³/mol. The molecule has 1 fully saturated rings. The second-order valence-electron chi connectivity index (χ2n) is 5.72. The Balaban J connectivity index is 2.11. The van der Waals surface area contributed by atoms with Gasteiger partial charge < -0.3 is 16.2 Å². The molecular formula is C14H22N2O2S. The standard InChI is InChI=1S/C14H22N2O2S/c1-9-4-3-5-14(7-9,8-17)16-13(18)12-6-11(15)10(2)19-12/h6,9,17H,3-5,7-8,15H2,1-2H3,(H,16,18). The van der Waals surface area contributed by atoms with Gasteiger partial charge in [0.05, 0.1) is 17.0 Å². The number of aliphatic hydroxyl groups is 1. The third-order valence-corrected chi connectivity index (χ3v) is 5.02. The molecule has 0 aliphatic heterocycles. The first-order valence-corrected chi connectivity index (χ1v) is 7.57. The Bertz CT molecular complexity index is 453. The summed E-state index contributed by atoms with van der Waals surface area (Å²) < 4.78 is 0. The van der Waals surface area contributed by atoms with Crippen LogP contribution in [0.15, 0.2) is 6.07 Å². The first-order valence-electron chi connectivity index (χ1n) is 6.75. The van der Waals surface area contributed by atoms with Gasteiger partial charge >= 0.3 is 0 Å². The van der Waals surface area contributed by atoms with Crippen LogP contribution in [-0.4, -0.2) is 23.2 Å². The molecule has 2 atom stereocenters. The maximum absolute atomic E-state index is 12.3. The number of nitrogens with one attached hydrogen (secondary N) is 1. The summed E-state index contributed by atoms with van der Waals surface area (Å²) >= 11 is 1.40. The van der Waals surface area contributed by atoms with Crippen molar-refractivity contribution in [3.63, 3.8) is 0 Å². The molecule has 1 aromatic heterocycles. The molecule has 106 valence electrons. The van der Waals surface area contributed by atoms with E-state index in [2.05, 4.69) is 12.2 Å². The number of aliphatic hydroxyl groups excluding tert-OH is 1. The first kappa shape index (κ1) is 14.3. The molecule has 1 amide bonds. The molecule has 0 bridgehead atoms. The number of nitrogens with two attached hydrogens (primary N) is 1. The van der Waals surface area contributed by atoms with Gasteiger partial charge in [0, 0.05) is 10.6 Å². The summed E-state index contributed by atoms with van der Waals surface area (Å²) in [4.78, 5) is 13.9. The number of aryl methyl sites for hydroxylation is 1. The molecule has 0 aromatic carbocycles. The molecule has 1 aliphatic carbocycles. The number of carbonyl (C=O) groups excluding carboxylic acids is 1. The summed E-state index contributed by atoms with van der Waals surface area (Å²) in [5.74, 6) is 0.421. The quantitative estimate of drug-likeness (QED) is 0.796. The highest BCUT2D eigenvalue weighted by atomic mass is 32.1. The fourth-order valence-corrected chi connectivity index (χ4v) is 3.70. The Hall–Kier alpha value is -1.07. The van der Waals surface area contributed by atoms with Crippen LogP contribution in [0, 0.1) is 12.8 Å². The average Bonchev–Trinajstić information content (AvgIpc) is 2.70. The van der Waals surface area contributed by atoms with E-state index in [0.29, 0.717) is 16.5 Å². The molecule has 4 nitrogen and oxygen atoms in total. The second-order valence-corrected chi connectivity index (χ2v) is 6.97. The number of hydrogen-bond donors (Lipinski definition) is 3. The molecule has 0 saturated heterocycles. The van der Waals surface area contributed by atoms with Gasteiger partial charge in [-0.25, -0.2) is 0 Å². The van der Waals surface area contributed by atoms with Crippen LogP contribution >= 0.6 is 11.3 Å². The molecule has 1 saturated carbocycles. The Kier molecular flexibility index (Phi) is 4.16. The van der Waals surface area contributed by atoms with Gasteiger partial charge in [0.15, 0.2) is 0 Å². The zero-order valence-electron chi connectivity index (χ0n) is 11.5. The van der Waals surface area contributed by atoms with Crippen molar-refractivity contribution in [2.75, 3.05) is 12.3 Å². The fourth-order valence-electron chi connectivity index (χ4n) is 2.87. The number of nitrogen functional groups attached to an aromatic ring is 1. The highest BCUT2D eigenvalue weighted by molar-refractivity contribution is 7.14. The summed E-state index contributed by atoms with van der Waals surface area (Å²) in [5, 5.41) is 12.7. The normalized spacial score (nSPS) is 27.2. The van der Waals surface area contributed by atoms with Gasteiger partial charge in [-0.15, -0.1) is 11.3 Å². The van der Waals surface area contributed by atoms with E-state index in [4.69, 9.17) is 5.73 Å². The van der Waals surface area contributed by atoms with Crippen molar-refractivity contribution in [3.8, 4) is 0 Å². The molecule has 5 heteroatoms. The van der Waals surface area contributed by atoms with E-state index in [9.17, 15) is 9.90 Å². The van der Waals surface area contributed by atoms with Crippen molar-refractivity contribution >= 4 is 22.9 Å². The maximum Gasteiger partial charge on any atom is 0.261 e. The van der Waals surface area contributed by atoms with Crippen molar-refractivity contribution in [1.82, 2.24) is 5.32 Å². The number of thiophene rings is 1. The highest BCUT2D eigenvalue weighted by Crippen LogP contribution is 2.33. The van der Waals surface area contributed by atoms with E-state index >= 15 is 0 Å². The minimum absolute atomic E-state index is 0.00290. The lowest BCUT2D eigenvalue weighted by molar-refractivity contribution is 0.0700. The van der Waals surface area contributed by atoms with Crippen LogP contribution in [0.3, 0.4) is 0 Å². The molecule has 1 heterocycles. The lowest BCUT2D eigenvalue weighted by Gasteiger charge is -2.39. The largest absolute Gasteiger partial charge is 0.398 e. The van der Waals surface area contributed by atoms with Crippen LogP contribution in [-0.2, 0) is 0 Å². The topological polar surface area (TPSA) is 75.3 Å². The average molecular weight is 282 g/mol. The molecule has 1 aromatic rings. The molecule has 4 N–H and O–H groups in total. The smallest absolute Gasteiger partial charge is 0.261 e. The zero-order valence-corrected chi connectivity index (χ0v) is 12.3. The van der Waals surface area contributed by atoms with E-state index in [1.54, 1.807) is 6.07 Å². The Morgan fingerprint density at radius 1 is 1.68 bits per heavy atom. The number of anilines is 1. The van der Waals surface area contributed by atoms with Crippen molar-refractivity contribution in [3.05, 3.63) is 15.8 Å². The summed E-state index contributed by atoms with van der Waals surface area (Å²) in [6.45, 7) is 4.08. The van der Waals surface area contributed by atoms with E-state index in [0.717, 1.165) is 24.1 Å². The van der Waals surface area contributed by atoms with Crippen LogP contribution in [0.4, 0.5) is 5.69 Å². The Morgan fingerprint density at radius 2 is 2.42 bits per heavy atom. The summed E-state index contributed by atoms with van der Waals surface area (Å²) in [7, 11) is 0. The zero-order chi connectivity index (χ0) is 14.0. The molecule has 0 spiro atoms. The minimum Gasteiger partial charge on any atom is -0.398 e. The monoisotopic (exact) mass is 282 g/mol. The van der Waals surface area contributed by atoms with Gasteiger partial charge in [0.25, 0.3) is 5.91 Å². The van der Waals surface area contributed by atoms with Gasteiger partial charge in [-0.05, 0) is 31.7 Å². The third kappa shape index (κ3) is 3.09. The maximum atomic E-state index is 12.3. The lowest BCUT2D eigenvalue weighted by atomic mass is 9.77. The van der Waals surface area contributed by atoms with Gasteiger partial charge in [0.2, 0.25) is 0 Å². The summed E-state index contributed by atoms with van der Waals surface area (Å²) in [6, 6.07) is 1.71. The van der Waals surface area contributed by atoms with Crippen LogP contribution in [0.25, 0.3) is 0 Å². The SMILES string of the molecule is Cc1sc(C(=O)NC2(CO)CCCC(C)C2)cc1N. The number of amides is 1. The van der Waals surface area contributed by atoms with Crippen LogP contribution in [0.1, 0.15) is 47.2 Å². The molecule has 2 unspecified atom stereocenters. The molecule has 2 rings (SSSR count). The molecule has 0 radical (unpaired) electrons. The second kappa shape index (κ2) is 5.51. The van der Waals surface area contributed by atoms with E-state index in [-0.39, 0.29) is 12.5 Å². The fraction of sp³-hybridized carbons (Fsp3) is 0.643. The van der Waals surface area contributed by atoms with Gasteiger partial charge in [-0.3, -0.25) is 4.79 Å². The van der Waals surface area contributed by atoms with E-state index in [1.165, 1.54) is 17.8 Å². The van der Waals surface area contributed by atoms with E-state index < -0.39 is 5.54 Å². The number of rotatable bonds is 3. The predicted octanol–water partition coefficient (Wildman–Crippen LogP) is 2.31. The lowest BCUT2D eigenvalue weighted by Crippen LogP contribution is -2.53. The van der Waals surface area contributed by atoms with Crippen LogP contribution in [0.5, 0.6) is 0 Å². The van der Waals surface area contributed by atoms with E-state index in [1.807, 2.05) is 6.92 Å². The summed E-state index contributed by atoms with van der Waals surface area (Å²) in [6.07, 6.45) is 3.91. The number of carbonyl (C=O) groups is 1. The highest BCUT2D eigenvalue weighted by Gasteiger charge is 2.36. The van der Waals surface area contributed by atoms with Crippen LogP contribution in [0.2, 0.25) is 0 Å². The van der Waals surface area contributed by atoms with Gasteiger partial charge in [0.1, 0.15) is 0 Å². The third-order valence-electron chi connectivity index (χ3n) is 3.95. The number of hydrogen-bond acceptors (Lipinski definition) is 4. The summed E-state index contributed by atoms with van der Waals surface area (Å²) in [5.41, 5.74) is 5.98.